The van der Waals surface area contributed by atoms with E-state index in [0.717, 1.165) is 33.2 Å². The van der Waals surface area contributed by atoms with Crippen LogP contribution in [0.3, 0.4) is 0 Å². The molecule has 0 bridgehead atoms. The molecule has 2 aromatic carbocycles. The molecule has 0 saturated heterocycles. The summed E-state index contributed by atoms with van der Waals surface area (Å²) in [5, 5.41) is 0. The molecule has 6 nitrogen and oxygen atoms in total. The predicted molar refractivity (Wildman–Crippen MR) is 88.2 cm³/mol. The van der Waals surface area contributed by atoms with Crippen molar-refractivity contribution in [2.24, 2.45) is 7.05 Å². The molecule has 1 aliphatic heterocycles. The van der Waals surface area contributed by atoms with Gasteiger partial charge >= 0.3 is 5.76 Å². The highest BCUT2D eigenvalue weighted by Crippen LogP contribution is 2.36. The molecule has 0 saturated carbocycles. The van der Waals surface area contributed by atoms with Crippen molar-refractivity contribution >= 4 is 28.7 Å². The average molecular weight is 330 g/mol. The number of hydrogen-bond donors (Lipinski definition) is 1. The molecule has 0 spiro atoms. The number of rotatable bonds is 3. The van der Waals surface area contributed by atoms with E-state index < -0.39 is 0 Å². The Morgan fingerprint density at radius 2 is 2.00 bits per heavy atom. The topological polar surface area (TPSA) is 65.6 Å². The summed E-state index contributed by atoms with van der Waals surface area (Å²) in [6.45, 7) is 2.24. The lowest BCUT2D eigenvalue weighted by Crippen LogP contribution is -2.08. The fourth-order valence-electron chi connectivity index (χ4n) is 2.44. The molecule has 0 aliphatic carbocycles. The van der Waals surface area contributed by atoms with Gasteiger partial charge in [-0.3, -0.25) is 4.57 Å². The van der Waals surface area contributed by atoms with Crippen LogP contribution < -0.4 is 20.0 Å². The molecule has 118 valence electrons. The maximum Gasteiger partial charge on any atom is 0.419 e. The summed E-state index contributed by atoms with van der Waals surface area (Å²) in [5.74, 6) is 1.14. The van der Waals surface area contributed by atoms with Gasteiger partial charge in [-0.2, -0.15) is 0 Å². The number of benzene rings is 2. The van der Waals surface area contributed by atoms with Gasteiger partial charge in [0.15, 0.2) is 17.1 Å². The van der Waals surface area contributed by atoms with E-state index in [-0.39, 0.29) is 12.5 Å². The Bertz CT molecular complexity index is 961. The zero-order valence-electron chi connectivity index (χ0n) is 12.6. The molecule has 0 atom stereocenters. The Morgan fingerprint density at radius 1 is 1.17 bits per heavy atom. The Hall–Kier alpha value is -2.54. The largest absolute Gasteiger partial charge is 0.454 e. The van der Waals surface area contributed by atoms with Crippen molar-refractivity contribution in [2.75, 3.05) is 11.5 Å². The van der Waals surface area contributed by atoms with Gasteiger partial charge in [-0.15, -0.1) is 0 Å². The quantitative estimate of drug-likeness (QED) is 0.744. The smallest absolute Gasteiger partial charge is 0.419 e. The standard InChI is InChI=1S/C16H14N2O4S/c1-9-5-13-11(18(2)16(19)22-13)7-15(9)23-17-10-3-4-12-14(6-10)21-8-20-12/h3-7,17H,8H2,1-2H3. The van der Waals surface area contributed by atoms with Gasteiger partial charge in [0.05, 0.1) is 5.52 Å². The molecule has 3 aromatic rings. The molecule has 0 unspecified atom stereocenters. The first-order valence-electron chi connectivity index (χ1n) is 7.04. The van der Waals surface area contributed by atoms with Crippen LogP contribution in [-0.4, -0.2) is 11.4 Å². The predicted octanol–water partition coefficient (Wildman–Crippen LogP) is 3.29. The summed E-state index contributed by atoms with van der Waals surface area (Å²) >= 11 is 1.47. The lowest BCUT2D eigenvalue weighted by molar-refractivity contribution is 0.174. The van der Waals surface area contributed by atoms with Crippen LogP contribution in [0.5, 0.6) is 11.5 Å². The van der Waals surface area contributed by atoms with E-state index in [4.69, 9.17) is 13.9 Å². The molecule has 0 radical (unpaired) electrons. The maximum absolute atomic E-state index is 11.6. The summed E-state index contributed by atoms with van der Waals surface area (Å²) < 4.78 is 20.6. The van der Waals surface area contributed by atoms with Crippen molar-refractivity contribution in [1.29, 1.82) is 0 Å². The zero-order chi connectivity index (χ0) is 16.0. The van der Waals surface area contributed by atoms with Crippen molar-refractivity contribution in [3.63, 3.8) is 0 Å². The summed E-state index contributed by atoms with van der Waals surface area (Å²) in [7, 11) is 1.70. The molecule has 0 amide bonds. The second kappa shape index (κ2) is 5.27. The molecule has 4 rings (SSSR count). The highest BCUT2D eigenvalue weighted by atomic mass is 32.2. The molecular weight excluding hydrogens is 316 g/mol. The molecule has 1 N–H and O–H groups in total. The Kier molecular flexibility index (Phi) is 3.23. The monoisotopic (exact) mass is 330 g/mol. The molecule has 1 aliphatic rings. The number of fused-ring (bicyclic) bond motifs is 2. The summed E-state index contributed by atoms with van der Waals surface area (Å²) in [5.41, 5.74) is 3.32. The van der Waals surface area contributed by atoms with E-state index in [9.17, 15) is 4.79 Å². The minimum absolute atomic E-state index is 0.260. The number of nitrogens with zero attached hydrogens (tertiary/aromatic N) is 1. The van der Waals surface area contributed by atoms with Crippen molar-refractivity contribution < 1.29 is 13.9 Å². The lowest BCUT2D eigenvalue weighted by Gasteiger charge is -2.09. The van der Waals surface area contributed by atoms with Gasteiger partial charge < -0.3 is 18.6 Å². The zero-order valence-corrected chi connectivity index (χ0v) is 13.4. The van der Waals surface area contributed by atoms with Crippen molar-refractivity contribution in [3.8, 4) is 11.5 Å². The number of ether oxygens (including phenoxy) is 2. The van der Waals surface area contributed by atoms with Gasteiger partial charge in [0.2, 0.25) is 6.79 Å². The van der Waals surface area contributed by atoms with Crippen molar-refractivity contribution in [3.05, 3.63) is 46.4 Å². The highest BCUT2D eigenvalue weighted by molar-refractivity contribution is 8.00. The van der Waals surface area contributed by atoms with E-state index in [2.05, 4.69) is 4.72 Å². The molecular formula is C16H14N2O4S. The number of hydrogen-bond acceptors (Lipinski definition) is 6. The van der Waals surface area contributed by atoms with Crippen LogP contribution in [0.2, 0.25) is 0 Å². The van der Waals surface area contributed by atoms with Crippen molar-refractivity contribution in [1.82, 2.24) is 4.57 Å². The summed E-state index contributed by atoms with van der Waals surface area (Å²) in [6, 6.07) is 9.53. The average Bonchev–Trinajstić information content (AvgIpc) is 3.10. The number of nitrogens with one attached hydrogen (secondary N) is 1. The van der Waals surface area contributed by atoms with E-state index in [1.54, 1.807) is 7.05 Å². The van der Waals surface area contributed by atoms with Crippen LogP contribution in [0.4, 0.5) is 5.69 Å². The second-order valence-electron chi connectivity index (χ2n) is 5.28. The minimum Gasteiger partial charge on any atom is -0.454 e. The van der Waals surface area contributed by atoms with Crippen LogP contribution in [0.1, 0.15) is 5.56 Å². The normalized spacial score (nSPS) is 12.8. The van der Waals surface area contributed by atoms with Crippen molar-refractivity contribution in [2.45, 2.75) is 11.8 Å². The Balaban J connectivity index is 1.61. The van der Waals surface area contributed by atoms with Gasteiger partial charge in [0.1, 0.15) is 0 Å². The number of anilines is 1. The van der Waals surface area contributed by atoms with Crippen LogP contribution in [0, 0.1) is 6.92 Å². The van der Waals surface area contributed by atoms with Gasteiger partial charge in [-0.05, 0) is 48.7 Å². The first-order chi connectivity index (χ1) is 11.1. The molecule has 0 fully saturated rings. The third-order valence-corrected chi connectivity index (χ3v) is 4.74. The third kappa shape index (κ3) is 2.43. The fourth-order valence-corrected chi connectivity index (χ4v) is 3.18. The van der Waals surface area contributed by atoms with Gasteiger partial charge in [0, 0.05) is 23.7 Å². The fraction of sp³-hybridized carbons (Fsp3) is 0.188. The highest BCUT2D eigenvalue weighted by Gasteiger charge is 2.14. The number of oxazole rings is 1. The minimum atomic E-state index is -0.356. The molecule has 1 aromatic heterocycles. The second-order valence-corrected chi connectivity index (χ2v) is 6.13. The number of aromatic nitrogens is 1. The van der Waals surface area contributed by atoms with Crippen LogP contribution in [-0.2, 0) is 7.05 Å². The maximum atomic E-state index is 11.6. The molecule has 7 heteroatoms. The first kappa shape index (κ1) is 14.1. The number of aryl methyl sites for hydroxylation is 2. The van der Waals surface area contributed by atoms with Crippen LogP contribution in [0.15, 0.2) is 44.4 Å². The molecule has 23 heavy (non-hydrogen) atoms. The van der Waals surface area contributed by atoms with Gasteiger partial charge in [0.25, 0.3) is 0 Å². The van der Waals surface area contributed by atoms with E-state index in [1.165, 1.54) is 16.5 Å². The van der Waals surface area contributed by atoms with E-state index >= 15 is 0 Å². The summed E-state index contributed by atoms with van der Waals surface area (Å²) in [6.07, 6.45) is 0. The molecule has 2 heterocycles. The Labute approximate surface area is 136 Å². The van der Waals surface area contributed by atoms with Crippen LogP contribution in [0.25, 0.3) is 11.1 Å². The van der Waals surface area contributed by atoms with Crippen LogP contribution >= 0.6 is 11.9 Å². The SMILES string of the molecule is Cc1cc2oc(=O)n(C)c2cc1SNc1ccc2c(c1)OCO2. The van der Waals surface area contributed by atoms with E-state index in [0.29, 0.717) is 5.58 Å². The van der Waals surface area contributed by atoms with E-state index in [1.807, 2.05) is 37.3 Å². The first-order valence-corrected chi connectivity index (χ1v) is 7.86. The third-order valence-electron chi connectivity index (χ3n) is 3.74. The lowest BCUT2D eigenvalue weighted by atomic mass is 10.2. The van der Waals surface area contributed by atoms with Gasteiger partial charge in [-0.1, -0.05) is 0 Å². The summed E-state index contributed by atoms with van der Waals surface area (Å²) in [4.78, 5) is 12.6. The van der Waals surface area contributed by atoms with Gasteiger partial charge in [-0.25, -0.2) is 4.79 Å². The Morgan fingerprint density at radius 3 is 2.87 bits per heavy atom.